The Bertz CT molecular complexity index is 847. The average Bonchev–Trinajstić information content (AvgIpc) is 3.01. The lowest BCUT2D eigenvalue weighted by molar-refractivity contribution is -0.130. The van der Waals surface area contributed by atoms with E-state index >= 15 is 0 Å². The van der Waals surface area contributed by atoms with Gasteiger partial charge in [0.25, 0.3) is 0 Å². The molecule has 0 saturated carbocycles. The quantitative estimate of drug-likeness (QED) is 0.890. The number of sulfone groups is 1. The number of carbonyl (C=O) groups excluding carboxylic acids is 1. The number of nitrogens with zero attached hydrogens (tertiary/aromatic N) is 1. The Labute approximate surface area is 147 Å². The normalized spacial score (nSPS) is 17.5. The molecule has 6 heteroatoms. The van der Waals surface area contributed by atoms with E-state index in [2.05, 4.69) is 0 Å². The van der Waals surface area contributed by atoms with Gasteiger partial charge in [-0.15, -0.1) is 0 Å². The summed E-state index contributed by atoms with van der Waals surface area (Å²) in [5.41, 5.74) is 1.42. The molecule has 0 unspecified atom stereocenters. The van der Waals surface area contributed by atoms with Crippen LogP contribution < -0.4 is 0 Å². The molecule has 2 atom stereocenters. The van der Waals surface area contributed by atoms with Crippen molar-refractivity contribution < 1.29 is 18.3 Å². The second-order valence-electron chi connectivity index (χ2n) is 6.29. The summed E-state index contributed by atoms with van der Waals surface area (Å²) in [7, 11) is -3.93. The van der Waals surface area contributed by atoms with E-state index in [-0.39, 0.29) is 10.8 Å². The second-order valence-corrected chi connectivity index (χ2v) is 8.34. The highest BCUT2D eigenvalue weighted by Crippen LogP contribution is 2.32. The van der Waals surface area contributed by atoms with Crippen LogP contribution in [-0.2, 0) is 14.6 Å². The van der Waals surface area contributed by atoms with Gasteiger partial charge >= 0.3 is 0 Å². The third-order valence-electron chi connectivity index (χ3n) is 4.50. The molecule has 5 nitrogen and oxygen atoms in total. The van der Waals surface area contributed by atoms with Gasteiger partial charge in [-0.05, 0) is 31.0 Å². The summed E-state index contributed by atoms with van der Waals surface area (Å²) in [6.45, 7) is 2.20. The fraction of sp³-hybridized carbons (Fsp3) is 0.316. The lowest BCUT2D eigenvalue weighted by Gasteiger charge is -2.31. The van der Waals surface area contributed by atoms with Gasteiger partial charge in [-0.1, -0.05) is 48.0 Å². The average molecular weight is 359 g/mol. The minimum absolute atomic E-state index is 0.109. The zero-order valence-electron chi connectivity index (χ0n) is 14.0. The minimum atomic E-state index is -3.93. The van der Waals surface area contributed by atoms with Gasteiger partial charge in [0.2, 0.25) is 15.7 Å². The number of aliphatic hydroxyl groups is 1. The van der Waals surface area contributed by atoms with Gasteiger partial charge in [-0.3, -0.25) is 4.79 Å². The van der Waals surface area contributed by atoms with E-state index in [1.807, 2.05) is 6.92 Å². The SMILES string of the molecule is Cc1ccc(S(=O)(=O)[C@H]([C@@H](O)c2ccccc2)N2CCCC2=O)cc1. The molecule has 1 aliphatic rings. The molecule has 0 radical (unpaired) electrons. The summed E-state index contributed by atoms with van der Waals surface area (Å²) in [5, 5.41) is 9.51. The zero-order valence-corrected chi connectivity index (χ0v) is 14.8. The van der Waals surface area contributed by atoms with E-state index in [4.69, 9.17) is 0 Å². The molecule has 2 aromatic carbocycles. The van der Waals surface area contributed by atoms with Crippen LogP contribution in [0.2, 0.25) is 0 Å². The van der Waals surface area contributed by atoms with Gasteiger partial charge in [-0.25, -0.2) is 8.42 Å². The number of amides is 1. The van der Waals surface area contributed by atoms with Gasteiger partial charge in [0, 0.05) is 13.0 Å². The first-order chi connectivity index (χ1) is 11.9. The van der Waals surface area contributed by atoms with Gasteiger partial charge in [0.15, 0.2) is 5.37 Å². The van der Waals surface area contributed by atoms with Crippen molar-refractivity contribution in [1.29, 1.82) is 0 Å². The summed E-state index contributed by atoms with van der Waals surface area (Å²) >= 11 is 0. The van der Waals surface area contributed by atoms with Gasteiger partial charge in [0.1, 0.15) is 6.10 Å². The Morgan fingerprint density at radius 2 is 1.68 bits per heavy atom. The molecule has 0 spiro atoms. The monoisotopic (exact) mass is 359 g/mol. The highest BCUT2D eigenvalue weighted by atomic mass is 32.2. The van der Waals surface area contributed by atoms with E-state index < -0.39 is 21.3 Å². The first kappa shape index (κ1) is 17.6. The first-order valence-electron chi connectivity index (χ1n) is 8.24. The molecule has 1 amide bonds. The topological polar surface area (TPSA) is 74.7 Å². The predicted octanol–water partition coefficient (Wildman–Crippen LogP) is 2.45. The molecular weight excluding hydrogens is 338 g/mol. The molecule has 132 valence electrons. The molecule has 1 fully saturated rings. The van der Waals surface area contributed by atoms with Crippen molar-refractivity contribution in [2.45, 2.75) is 36.1 Å². The third-order valence-corrected chi connectivity index (χ3v) is 6.57. The van der Waals surface area contributed by atoms with Gasteiger partial charge in [0.05, 0.1) is 4.90 Å². The lowest BCUT2D eigenvalue weighted by atomic mass is 10.1. The summed E-state index contributed by atoms with van der Waals surface area (Å²) in [6.07, 6.45) is -0.406. The number of aryl methyl sites for hydroxylation is 1. The second kappa shape index (κ2) is 6.98. The fourth-order valence-corrected chi connectivity index (χ4v) is 4.98. The molecule has 1 aliphatic heterocycles. The number of aliphatic hydroxyl groups excluding tert-OH is 1. The molecule has 0 aliphatic carbocycles. The number of rotatable bonds is 5. The summed E-state index contributed by atoms with van der Waals surface area (Å²) < 4.78 is 26.5. The van der Waals surface area contributed by atoms with Crippen molar-refractivity contribution in [3.8, 4) is 0 Å². The van der Waals surface area contributed by atoms with Crippen LogP contribution in [0.3, 0.4) is 0 Å². The highest BCUT2D eigenvalue weighted by Gasteiger charge is 2.43. The van der Waals surface area contributed by atoms with Crippen molar-refractivity contribution in [2.75, 3.05) is 6.54 Å². The van der Waals surface area contributed by atoms with Crippen LogP contribution in [-0.4, -0.2) is 36.3 Å². The smallest absolute Gasteiger partial charge is 0.223 e. The van der Waals surface area contributed by atoms with Crippen LogP contribution in [0.5, 0.6) is 0 Å². The number of likely N-dealkylation sites (tertiary alicyclic amines) is 1. The number of carbonyl (C=O) groups is 1. The Hall–Kier alpha value is -2.18. The van der Waals surface area contributed by atoms with Crippen molar-refractivity contribution in [2.24, 2.45) is 0 Å². The van der Waals surface area contributed by atoms with Crippen LogP contribution in [0, 0.1) is 6.92 Å². The summed E-state index contributed by atoms with van der Waals surface area (Å²) in [5.74, 6) is -0.240. The molecule has 0 aromatic heterocycles. The molecule has 1 heterocycles. The Morgan fingerprint density at radius 1 is 1.04 bits per heavy atom. The number of hydrogen-bond acceptors (Lipinski definition) is 4. The molecule has 25 heavy (non-hydrogen) atoms. The van der Waals surface area contributed by atoms with Crippen LogP contribution in [0.25, 0.3) is 0 Å². The maximum Gasteiger partial charge on any atom is 0.223 e. The minimum Gasteiger partial charge on any atom is -0.385 e. The van der Waals surface area contributed by atoms with Crippen LogP contribution in [0.1, 0.15) is 30.1 Å². The standard InChI is InChI=1S/C19H21NO4S/c1-14-9-11-16(12-10-14)25(23,24)19(20-13-5-8-17(20)21)18(22)15-6-3-2-4-7-15/h2-4,6-7,9-12,18-19,22H,5,8,13H2,1H3/t18-,19+/m0/s1. The Balaban J connectivity index is 2.07. The van der Waals surface area contributed by atoms with E-state index in [1.165, 1.54) is 17.0 Å². The van der Waals surface area contributed by atoms with E-state index in [1.54, 1.807) is 42.5 Å². The molecular formula is C19H21NO4S. The molecule has 0 bridgehead atoms. The number of hydrogen-bond donors (Lipinski definition) is 1. The molecule has 1 N–H and O–H groups in total. The zero-order chi connectivity index (χ0) is 18.0. The first-order valence-corrected chi connectivity index (χ1v) is 9.79. The largest absolute Gasteiger partial charge is 0.385 e. The van der Waals surface area contributed by atoms with Crippen molar-refractivity contribution in [3.63, 3.8) is 0 Å². The third kappa shape index (κ3) is 3.45. The van der Waals surface area contributed by atoms with Gasteiger partial charge < -0.3 is 10.0 Å². The Kier molecular flexibility index (Phi) is 4.92. The molecule has 2 aromatic rings. The van der Waals surface area contributed by atoms with Crippen LogP contribution in [0.15, 0.2) is 59.5 Å². The molecule has 3 rings (SSSR count). The van der Waals surface area contributed by atoms with Gasteiger partial charge in [-0.2, -0.15) is 0 Å². The van der Waals surface area contributed by atoms with E-state index in [0.29, 0.717) is 24.9 Å². The van der Waals surface area contributed by atoms with Crippen molar-refractivity contribution in [1.82, 2.24) is 4.90 Å². The lowest BCUT2D eigenvalue weighted by Crippen LogP contribution is -2.46. The van der Waals surface area contributed by atoms with Crippen LogP contribution >= 0.6 is 0 Å². The maximum absolute atomic E-state index is 13.2. The maximum atomic E-state index is 13.2. The summed E-state index contributed by atoms with van der Waals surface area (Å²) in [4.78, 5) is 13.6. The van der Waals surface area contributed by atoms with E-state index in [9.17, 15) is 18.3 Å². The Morgan fingerprint density at radius 3 is 2.24 bits per heavy atom. The highest BCUT2D eigenvalue weighted by molar-refractivity contribution is 7.92. The van der Waals surface area contributed by atoms with Crippen molar-refractivity contribution >= 4 is 15.7 Å². The van der Waals surface area contributed by atoms with E-state index in [0.717, 1.165) is 5.56 Å². The van der Waals surface area contributed by atoms with Crippen molar-refractivity contribution in [3.05, 3.63) is 65.7 Å². The fourth-order valence-electron chi connectivity index (χ4n) is 3.13. The summed E-state index contributed by atoms with van der Waals surface area (Å²) in [6, 6.07) is 15.1. The molecule has 1 saturated heterocycles. The predicted molar refractivity (Wildman–Crippen MR) is 94.5 cm³/mol. The van der Waals surface area contributed by atoms with Crippen LogP contribution in [0.4, 0.5) is 0 Å². The number of benzene rings is 2.